The van der Waals surface area contributed by atoms with Crippen LogP contribution in [0.15, 0.2) is 146 Å². The number of ether oxygens (including phenoxy) is 8. The van der Waals surface area contributed by atoms with E-state index in [-0.39, 0.29) is 82.7 Å². The molecule has 8 unspecified atom stereocenters. The molecule has 6 aromatic carbocycles. The van der Waals surface area contributed by atoms with Crippen LogP contribution in [0.3, 0.4) is 0 Å². The molecule has 0 N–H and O–H groups in total. The highest BCUT2D eigenvalue weighted by Gasteiger charge is 2.16. The Morgan fingerprint density at radius 1 is 0.311 bits per heavy atom. The zero-order chi connectivity index (χ0) is 75.1. The first kappa shape index (κ1) is 107. The Labute approximate surface area is 632 Å². The van der Waals surface area contributed by atoms with E-state index in [0.717, 1.165) is 25.7 Å². The number of hydrogen-bond donors (Lipinski definition) is 0. The van der Waals surface area contributed by atoms with Crippen LogP contribution in [-0.2, 0) is 62.5 Å². The fourth-order valence-corrected chi connectivity index (χ4v) is 8.44. The molecule has 0 aliphatic carbocycles. The molecule has 0 aromatic heterocycles. The van der Waals surface area contributed by atoms with Gasteiger partial charge in [0.15, 0.2) is 0 Å². The van der Waals surface area contributed by atoms with Crippen LogP contribution >= 0.6 is 0 Å². The van der Waals surface area contributed by atoms with E-state index in [1.165, 1.54) is 81.0 Å². The van der Waals surface area contributed by atoms with Crippen LogP contribution in [0.2, 0.25) is 0 Å². The van der Waals surface area contributed by atoms with Crippen molar-refractivity contribution in [1.82, 2.24) is 0 Å². The molecule has 588 valence electrons. The van der Waals surface area contributed by atoms with Gasteiger partial charge >= 0.3 is 23.9 Å². The average molecular weight is 1440 g/mol. The summed E-state index contributed by atoms with van der Waals surface area (Å²) in [5, 5.41) is 2.69. The van der Waals surface area contributed by atoms with Crippen molar-refractivity contribution < 1.29 is 57.1 Å². The van der Waals surface area contributed by atoms with Crippen LogP contribution in [0, 0.1) is 30.6 Å². The number of carbonyl (C=O) groups is 4. The molecule has 0 saturated carbocycles. The summed E-state index contributed by atoms with van der Waals surface area (Å²) in [5.74, 6) is 2.20. The number of fused-ring (bicyclic) bond motifs is 1. The van der Waals surface area contributed by atoms with E-state index in [4.69, 9.17) is 37.9 Å². The fourth-order valence-electron chi connectivity index (χ4n) is 8.44. The molecule has 6 rings (SSSR count). The van der Waals surface area contributed by atoms with Gasteiger partial charge in [-0.3, -0.25) is 19.2 Å². The molecule has 0 saturated heterocycles. The van der Waals surface area contributed by atoms with Gasteiger partial charge in [0.25, 0.3) is 0 Å². The summed E-state index contributed by atoms with van der Waals surface area (Å²) in [5.41, 5.74) is 11.4. The first-order valence-electron chi connectivity index (χ1n) is 36.6. The van der Waals surface area contributed by atoms with Gasteiger partial charge in [-0.2, -0.15) is 0 Å². The van der Waals surface area contributed by atoms with Crippen molar-refractivity contribution in [3.8, 4) is 11.1 Å². The van der Waals surface area contributed by atoms with E-state index in [0.29, 0.717) is 76.5 Å². The van der Waals surface area contributed by atoms with Crippen molar-refractivity contribution in [3.63, 3.8) is 0 Å². The van der Waals surface area contributed by atoms with Gasteiger partial charge in [0.1, 0.15) is 26.4 Å². The van der Waals surface area contributed by atoms with E-state index >= 15 is 0 Å². The number of methoxy groups -OCH3 is 4. The van der Waals surface area contributed by atoms with Gasteiger partial charge < -0.3 is 37.9 Å². The molecular formula is C91H152O12. The number of rotatable bonds is 29. The minimum absolute atomic E-state index is 0. The molecule has 0 bridgehead atoms. The van der Waals surface area contributed by atoms with Crippen molar-refractivity contribution in [2.45, 2.75) is 249 Å². The topological polar surface area (TPSA) is 142 Å². The monoisotopic (exact) mass is 1440 g/mol. The average Bonchev–Trinajstić information content (AvgIpc) is 0.857. The highest BCUT2D eigenvalue weighted by Crippen LogP contribution is 2.27. The van der Waals surface area contributed by atoms with Crippen molar-refractivity contribution in [2.75, 3.05) is 81.3 Å². The minimum atomic E-state index is -0.135. The van der Waals surface area contributed by atoms with E-state index < -0.39 is 0 Å². The van der Waals surface area contributed by atoms with Gasteiger partial charge in [0.2, 0.25) is 0 Å². The van der Waals surface area contributed by atoms with E-state index in [9.17, 15) is 19.2 Å². The summed E-state index contributed by atoms with van der Waals surface area (Å²) in [7, 11) is 6.32. The second-order valence-electron chi connectivity index (χ2n) is 26.5. The molecule has 0 spiro atoms. The zero-order valence-corrected chi connectivity index (χ0v) is 66.2. The van der Waals surface area contributed by atoms with Crippen molar-refractivity contribution in [2.24, 2.45) is 23.7 Å². The molecule has 8 atom stereocenters. The van der Waals surface area contributed by atoms with Crippen LogP contribution in [-0.4, -0.2) is 105 Å². The lowest BCUT2D eigenvalue weighted by Gasteiger charge is -2.20. The van der Waals surface area contributed by atoms with Crippen LogP contribution in [0.1, 0.15) is 270 Å². The first-order chi connectivity index (χ1) is 47.2. The van der Waals surface area contributed by atoms with E-state index in [1.807, 2.05) is 55.4 Å². The molecule has 0 amide bonds. The number of benzene rings is 6. The third-order valence-electron chi connectivity index (χ3n) is 17.6. The molecule has 12 heteroatoms. The molecule has 0 aliphatic heterocycles. The van der Waals surface area contributed by atoms with Gasteiger partial charge in [-0.1, -0.05) is 312 Å². The summed E-state index contributed by atoms with van der Waals surface area (Å²) >= 11 is 0. The zero-order valence-electron chi connectivity index (χ0n) is 66.2. The Hall–Kier alpha value is -6.70. The molecule has 0 aliphatic rings. The van der Waals surface area contributed by atoms with Gasteiger partial charge in [0.05, 0.1) is 50.1 Å². The number of carbonyl (C=O) groups excluding carboxylic acids is 4. The van der Waals surface area contributed by atoms with E-state index in [2.05, 4.69) is 229 Å². The molecule has 103 heavy (non-hydrogen) atoms. The maximum Gasteiger partial charge on any atom is 0.308 e. The van der Waals surface area contributed by atoms with Gasteiger partial charge in [0, 0.05) is 28.4 Å². The molecule has 0 radical (unpaired) electrons. The number of esters is 4. The van der Waals surface area contributed by atoms with Gasteiger partial charge in [-0.05, 0) is 137 Å². The SMILES string of the molecule is C.C.C.C.CCC(C)C(=O)OCCOC.CCC(C)C(=O)OCCOC.CCC(C)C(=O)OCCOC.CCC(C)C(=O)OCCOC.CCC(C)c1ccc(-c2ccccc2)cc1.CCC(C)c1ccc(C(C)(C)C)cc1.CCC(C)c1ccc(C)cc1.CCC(C)c1ccc2ccccc2c1. The highest BCUT2D eigenvalue weighted by molar-refractivity contribution is 5.83. The quantitative estimate of drug-likeness (QED) is 0.0251. The Balaban J connectivity index is -0.000000261. The number of hydrogen-bond acceptors (Lipinski definition) is 12. The molecule has 0 fully saturated rings. The molecule has 6 aromatic rings. The predicted octanol–water partition coefficient (Wildman–Crippen LogP) is 24.7. The molecular weight excluding hydrogens is 1280 g/mol. The maximum absolute atomic E-state index is 11.0. The largest absolute Gasteiger partial charge is 0.463 e. The van der Waals surface area contributed by atoms with Crippen molar-refractivity contribution in [1.29, 1.82) is 0 Å². The Kier molecular flexibility index (Phi) is 68.7. The van der Waals surface area contributed by atoms with Crippen molar-refractivity contribution >= 4 is 34.6 Å². The number of aryl methyl sites for hydroxylation is 1. The Morgan fingerprint density at radius 2 is 0.573 bits per heavy atom. The second-order valence-corrected chi connectivity index (χ2v) is 26.5. The lowest BCUT2D eigenvalue weighted by atomic mass is 9.85. The van der Waals surface area contributed by atoms with Crippen LogP contribution < -0.4 is 0 Å². The summed E-state index contributed by atoms with van der Waals surface area (Å²) in [6.45, 7) is 45.5. The first-order valence-corrected chi connectivity index (χ1v) is 36.6. The Bertz CT molecular complexity index is 2820. The third-order valence-corrected chi connectivity index (χ3v) is 17.6. The summed E-state index contributed by atoms with van der Waals surface area (Å²) in [6, 6.07) is 52.6. The lowest BCUT2D eigenvalue weighted by molar-refractivity contribution is -0.150. The maximum atomic E-state index is 11.0. The highest BCUT2D eigenvalue weighted by atomic mass is 16.6. The summed E-state index contributed by atoms with van der Waals surface area (Å²) in [6.07, 6.45) is 8.15. The van der Waals surface area contributed by atoms with Crippen molar-refractivity contribution in [3.05, 3.63) is 179 Å². The Morgan fingerprint density at radius 3 is 0.864 bits per heavy atom. The van der Waals surface area contributed by atoms with Crippen LogP contribution in [0.25, 0.3) is 21.9 Å². The molecule has 12 nitrogen and oxygen atoms in total. The smallest absolute Gasteiger partial charge is 0.308 e. The van der Waals surface area contributed by atoms with Crippen LogP contribution in [0.5, 0.6) is 0 Å². The minimum Gasteiger partial charge on any atom is -0.463 e. The normalized spacial score (nSPS) is 12.4. The second kappa shape index (κ2) is 66.0. The van der Waals surface area contributed by atoms with E-state index in [1.54, 1.807) is 28.4 Å². The lowest BCUT2D eigenvalue weighted by Crippen LogP contribution is -2.16. The summed E-state index contributed by atoms with van der Waals surface area (Å²) in [4.78, 5) is 43.9. The van der Waals surface area contributed by atoms with Crippen LogP contribution in [0.4, 0.5) is 0 Å². The third kappa shape index (κ3) is 49.6. The standard InChI is InChI=1S/C16H18.C14H16.C14H22.C11H16.4C8H16O3.4CH4/c1-3-13(2)14-9-11-16(12-10-14)15-7-5-4-6-8-15;1-3-11(2)13-9-8-12-6-4-5-7-14(12)10-13;1-6-11(2)12-7-9-13(10-8-12)14(3,4)5;1-4-10(3)11-7-5-9(2)6-8-11;4*1-4-7(2)8(9)11-6-5-10-3;;;;/h4-13H,3H2,1-2H3;4-11H,3H2,1-2H3;7-11H,6H2,1-5H3;5-8,10H,4H2,1-3H3;4*7H,4-6H2,1-3H3;4*1H4. The fraction of sp³-hybridized carbons (Fsp3) is 0.582. The predicted molar refractivity (Wildman–Crippen MR) is 443 cm³/mol. The van der Waals surface area contributed by atoms with Gasteiger partial charge in [-0.15, -0.1) is 0 Å². The summed E-state index contributed by atoms with van der Waals surface area (Å²) < 4.78 is 38.4. The van der Waals surface area contributed by atoms with Gasteiger partial charge in [-0.25, -0.2) is 0 Å². The molecule has 0 heterocycles.